The minimum atomic E-state index is -3.59. The molecule has 1 aromatic heterocycles. The molecule has 0 aromatic carbocycles. The van der Waals surface area contributed by atoms with Crippen LogP contribution in [0.25, 0.3) is 0 Å². The topological polar surface area (TPSA) is 88.2 Å². The summed E-state index contributed by atoms with van der Waals surface area (Å²) in [5, 5.41) is 2.98. The average molecular weight is 325 g/mol. The van der Waals surface area contributed by atoms with Crippen molar-refractivity contribution in [1.29, 1.82) is 0 Å². The molecule has 122 valence electrons. The molecule has 0 saturated heterocycles. The van der Waals surface area contributed by atoms with E-state index in [1.807, 2.05) is 0 Å². The van der Waals surface area contributed by atoms with Crippen LogP contribution in [0.4, 0.5) is 0 Å². The van der Waals surface area contributed by atoms with Crippen molar-refractivity contribution in [1.82, 2.24) is 15.0 Å². The molecule has 1 aliphatic carbocycles. The Balaban J connectivity index is 1.73. The van der Waals surface area contributed by atoms with Gasteiger partial charge in [-0.3, -0.25) is 9.78 Å². The maximum absolute atomic E-state index is 12.0. The highest BCUT2D eigenvalue weighted by molar-refractivity contribution is 7.89. The molecule has 0 aliphatic heterocycles. The summed E-state index contributed by atoms with van der Waals surface area (Å²) in [6, 6.07) is 3.27. The Bertz CT molecular complexity index is 581. The van der Waals surface area contributed by atoms with E-state index in [2.05, 4.69) is 21.9 Å². The zero-order valence-electron chi connectivity index (χ0n) is 12.8. The van der Waals surface area contributed by atoms with Gasteiger partial charge in [0.2, 0.25) is 15.9 Å². The van der Waals surface area contributed by atoms with Crippen LogP contribution in [0.3, 0.4) is 0 Å². The van der Waals surface area contributed by atoms with Crippen molar-refractivity contribution in [2.75, 3.05) is 6.54 Å². The number of hydrogen-bond donors (Lipinski definition) is 2. The van der Waals surface area contributed by atoms with Gasteiger partial charge in [-0.05, 0) is 43.7 Å². The van der Waals surface area contributed by atoms with E-state index in [1.165, 1.54) is 18.5 Å². The first-order valence-electron chi connectivity index (χ1n) is 7.66. The Labute approximate surface area is 131 Å². The first kappa shape index (κ1) is 16.9. The van der Waals surface area contributed by atoms with Crippen molar-refractivity contribution in [3.05, 3.63) is 24.5 Å². The third kappa shape index (κ3) is 5.06. The Morgan fingerprint density at radius 3 is 2.68 bits per heavy atom. The summed E-state index contributed by atoms with van der Waals surface area (Å²) >= 11 is 0. The first-order chi connectivity index (χ1) is 10.5. The zero-order valence-corrected chi connectivity index (χ0v) is 13.6. The maximum Gasteiger partial charge on any atom is 0.242 e. The van der Waals surface area contributed by atoms with Crippen LogP contribution in [0.5, 0.6) is 0 Å². The summed E-state index contributed by atoms with van der Waals surface area (Å²) < 4.78 is 26.3. The van der Waals surface area contributed by atoms with Gasteiger partial charge in [-0.25, -0.2) is 13.1 Å². The second-order valence-electron chi connectivity index (χ2n) is 5.86. The van der Waals surface area contributed by atoms with E-state index in [0.29, 0.717) is 0 Å². The second-order valence-corrected chi connectivity index (χ2v) is 7.63. The number of carbonyl (C=O) groups is 1. The molecule has 22 heavy (non-hydrogen) atoms. The monoisotopic (exact) mass is 325 g/mol. The Morgan fingerprint density at radius 2 is 2.05 bits per heavy atom. The van der Waals surface area contributed by atoms with E-state index in [1.54, 1.807) is 6.07 Å². The average Bonchev–Trinajstić information content (AvgIpc) is 2.50. The van der Waals surface area contributed by atoms with Gasteiger partial charge in [-0.15, -0.1) is 0 Å². The van der Waals surface area contributed by atoms with Crippen LogP contribution in [-0.4, -0.2) is 31.9 Å². The molecule has 1 saturated carbocycles. The van der Waals surface area contributed by atoms with Gasteiger partial charge in [0, 0.05) is 31.4 Å². The quantitative estimate of drug-likeness (QED) is 0.828. The molecule has 7 heteroatoms. The van der Waals surface area contributed by atoms with E-state index < -0.39 is 10.0 Å². The first-order valence-corrected chi connectivity index (χ1v) is 9.15. The van der Waals surface area contributed by atoms with Gasteiger partial charge in [0.25, 0.3) is 0 Å². The van der Waals surface area contributed by atoms with Crippen molar-refractivity contribution in [2.24, 2.45) is 5.92 Å². The lowest BCUT2D eigenvalue weighted by Gasteiger charge is -2.26. The molecular formula is C15H23N3O3S. The predicted octanol–water partition coefficient (Wildman–Crippen LogP) is 1.44. The lowest BCUT2D eigenvalue weighted by Crippen LogP contribution is -2.39. The van der Waals surface area contributed by atoms with E-state index in [9.17, 15) is 13.2 Å². The molecule has 0 spiro atoms. The third-order valence-corrected chi connectivity index (χ3v) is 5.42. The van der Waals surface area contributed by atoms with Gasteiger partial charge in [0.05, 0.1) is 0 Å². The molecule has 1 aliphatic rings. The van der Waals surface area contributed by atoms with Crippen molar-refractivity contribution >= 4 is 15.9 Å². The molecule has 0 bridgehead atoms. The largest absolute Gasteiger partial charge is 0.353 e. The van der Waals surface area contributed by atoms with Crippen LogP contribution in [0, 0.1) is 5.92 Å². The minimum Gasteiger partial charge on any atom is -0.353 e. The number of amides is 1. The number of nitrogens with one attached hydrogen (secondary N) is 2. The molecular weight excluding hydrogens is 302 g/mol. The van der Waals surface area contributed by atoms with Gasteiger partial charge in [-0.2, -0.15) is 0 Å². The normalized spacial score (nSPS) is 22.2. The maximum atomic E-state index is 12.0. The fourth-order valence-corrected chi connectivity index (χ4v) is 3.59. The van der Waals surface area contributed by atoms with E-state index in [4.69, 9.17) is 0 Å². The van der Waals surface area contributed by atoms with Crippen molar-refractivity contribution in [3.63, 3.8) is 0 Å². The molecule has 2 rings (SSSR count). The fourth-order valence-electron chi connectivity index (χ4n) is 2.59. The number of rotatable bonds is 6. The number of sulfonamides is 1. The van der Waals surface area contributed by atoms with Gasteiger partial charge in [0.1, 0.15) is 4.90 Å². The van der Waals surface area contributed by atoms with Crippen LogP contribution in [-0.2, 0) is 14.8 Å². The Morgan fingerprint density at radius 1 is 1.32 bits per heavy atom. The van der Waals surface area contributed by atoms with E-state index in [-0.39, 0.29) is 29.8 Å². The van der Waals surface area contributed by atoms with Gasteiger partial charge < -0.3 is 5.32 Å². The van der Waals surface area contributed by atoms with Crippen LogP contribution in [0.15, 0.2) is 29.4 Å². The lowest BCUT2D eigenvalue weighted by molar-refractivity contribution is -0.121. The summed E-state index contributed by atoms with van der Waals surface area (Å²) in [6.07, 6.45) is 7.23. The highest BCUT2D eigenvalue weighted by Gasteiger charge is 2.20. The molecule has 2 N–H and O–H groups in total. The predicted molar refractivity (Wildman–Crippen MR) is 83.6 cm³/mol. The van der Waals surface area contributed by atoms with Crippen LogP contribution in [0.2, 0.25) is 0 Å². The SMILES string of the molecule is CC1CCC(NC(=O)CCNS(=O)(=O)c2cccnc2)CC1. The Kier molecular flexibility index (Phi) is 5.90. The van der Waals surface area contributed by atoms with Crippen molar-refractivity contribution in [3.8, 4) is 0 Å². The van der Waals surface area contributed by atoms with Crippen LogP contribution < -0.4 is 10.0 Å². The number of nitrogens with zero attached hydrogens (tertiary/aromatic N) is 1. The summed E-state index contributed by atoms with van der Waals surface area (Å²) in [6.45, 7) is 2.32. The van der Waals surface area contributed by atoms with Crippen LogP contribution in [0.1, 0.15) is 39.0 Å². The van der Waals surface area contributed by atoms with Crippen LogP contribution >= 0.6 is 0 Å². The van der Waals surface area contributed by atoms with E-state index in [0.717, 1.165) is 31.6 Å². The number of pyridine rings is 1. The van der Waals surface area contributed by atoms with Crippen molar-refractivity contribution in [2.45, 2.75) is 50.0 Å². The van der Waals surface area contributed by atoms with Gasteiger partial charge >= 0.3 is 0 Å². The Hall–Kier alpha value is -1.47. The second kappa shape index (κ2) is 7.69. The molecule has 1 fully saturated rings. The van der Waals surface area contributed by atoms with Gasteiger partial charge in [0.15, 0.2) is 0 Å². The summed E-state index contributed by atoms with van der Waals surface area (Å²) in [4.78, 5) is 15.7. The summed E-state index contributed by atoms with van der Waals surface area (Å²) in [5.74, 6) is 0.632. The molecule has 0 atom stereocenters. The number of hydrogen-bond acceptors (Lipinski definition) is 4. The van der Waals surface area contributed by atoms with E-state index >= 15 is 0 Å². The standard InChI is InChI=1S/C15H23N3O3S/c1-12-4-6-13(7-5-12)18-15(19)8-10-17-22(20,21)14-3-2-9-16-11-14/h2-3,9,11-13,17H,4-8,10H2,1H3,(H,18,19). The molecule has 1 aromatic rings. The summed E-state index contributed by atoms with van der Waals surface area (Å²) in [7, 11) is -3.59. The molecule has 0 unspecified atom stereocenters. The zero-order chi connectivity index (χ0) is 16.0. The molecule has 1 amide bonds. The minimum absolute atomic E-state index is 0.0895. The third-order valence-electron chi connectivity index (χ3n) is 3.97. The highest BCUT2D eigenvalue weighted by Crippen LogP contribution is 2.23. The molecule has 1 heterocycles. The summed E-state index contributed by atoms with van der Waals surface area (Å²) in [5.41, 5.74) is 0. The lowest BCUT2D eigenvalue weighted by atomic mass is 9.87. The number of carbonyl (C=O) groups excluding carboxylic acids is 1. The van der Waals surface area contributed by atoms with Gasteiger partial charge in [-0.1, -0.05) is 6.92 Å². The number of aromatic nitrogens is 1. The molecule has 6 nitrogen and oxygen atoms in total. The fraction of sp³-hybridized carbons (Fsp3) is 0.600. The smallest absolute Gasteiger partial charge is 0.242 e. The van der Waals surface area contributed by atoms with Crippen molar-refractivity contribution < 1.29 is 13.2 Å². The molecule has 0 radical (unpaired) electrons. The highest BCUT2D eigenvalue weighted by atomic mass is 32.2.